The van der Waals surface area contributed by atoms with E-state index >= 15 is 0 Å². The lowest BCUT2D eigenvalue weighted by Crippen LogP contribution is -2.54. The van der Waals surface area contributed by atoms with E-state index < -0.39 is 0 Å². The third-order valence-corrected chi connectivity index (χ3v) is 8.65. The molecule has 2 N–H and O–H groups in total. The van der Waals surface area contributed by atoms with Gasteiger partial charge in [0.25, 0.3) is 0 Å². The highest BCUT2D eigenvalue weighted by Gasteiger charge is 2.59. The van der Waals surface area contributed by atoms with Crippen molar-refractivity contribution in [3.05, 3.63) is 11.1 Å². The summed E-state index contributed by atoms with van der Waals surface area (Å²) in [5.41, 5.74) is 4.96. The van der Waals surface area contributed by atoms with Crippen molar-refractivity contribution in [2.24, 2.45) is 28.6 Å². The van der Waals surface area contributed by atoms with Crippen LogP contribution in [0, 0.1) is 39.4 Å². The number of allylic oxidation sites excluding steroid dienone is 2. The zero-order valence-corrected chi connectivity index (χ0v) is 18.0. The molecule has 4 nitrogen and oxygen atoms in total. The molecule has 1 atom stereocenters. The van der Waals surface area contributed by atoms with E-state index in [1.807, 2.05) is 11.1 Å². The number of rotatable bonds is 2. The fourth-order valence-corrected chi connectivity index (χ4v) is 7.20. The molecular weight excluding hydrogens is 348 g/mol. The fourth-order valence-electron chi connectivity index (χ4n) is 7.20. The Bertz CT molecular complexity index is 595. The Labute approximate surface area is 170 Å². The highest BCUT2D eigenvalue weighted by Crippen LogP contribution is 2.69. The van der Waals surface area contributed by atoms with Gasteiger partial charge in [0.15, 0.2) is 0 Å². The van der Waals surface area contributed by atoms with Crippen molar-refractivity contribution in [3.8, 4) is 0 Å². The van der Waals surface area contributed by atoms with E-state index in [1.165, 1.54) is 70.6 Å². The molecule has 0 aromatic rings. The van der Waals surface area contributed by atoms with Crippen molar-refractivity contribution < 1.29 is 9.59 Å². The van der Waals surface area contributed by atoms with E-state index in [2.05, 4.69) is 20.8 Å². The summed E-state index contributed by atoms with van der Waals surface area (Å²) in [6.07, 6.45) is 19.7. The summed E-state index contributed by atoms with van der Waals surface area (Å²) in [6.45, 7) is 7.65. The van der Waals surface area contributed by atoms with Gasteiger partial charge in [-0.15, -0.1) is 0 Å². The van der Waals surface area contributed by atoms with Crippen LogP contribution in [0.4, 0.5) is 0 Å². The van der Waals surface area contributed by atoms with Crippen molar-refractivity contribution in [1.82, 2.24) is 0 Å². The van der Waals surface area contributed by atoms with E-state index in [0.29, 0.717) is 10.8 Å². The number of hydrogen-bond donors (Lipinski definition) is 2. The molecule has 1 unspecified atom stereocenters. The van der Waals surface area contributed by atoms with Gasteiger partial charge in [0, 0.05) is 0 Å². The molecule has 0 amide bonds. The van der Waals surface area contributed by atoms with Gasteiger partial charge >= 0.3 is 0 Å². The first-order valence-electron chi connectivity index (χ1n) is 11.2. The Kier molecular flexibility index (Phi) is 7.98. The Morgan fingerprint density at radius 2 is 1.18 bits per heavy atom. The maximum Gasteiger partial charge on any atom is 0.231 e. The maximum absolute atomic E-state index is 8.35. The second-order valence-corrected chi connectivity index (χ2v) is 9.84. The third kappa shape index (κ3) is 4.09. The van der Waals surface area contributed by atoms with Gasteiger partial charge in [-0.3, -0.25) is 0 Å². The minimum atomic E-state index is 0.539. The Morgan fingerprint density at radius 1 is 0.786 bits per heavy atom. The molecule has 156 valence electrons. The van der Waals surface area contributed by atoms with Gasteiger partial charge < -0.3 is 0 Å². The van der Waals surface area contributed by atoms with Crippen LogP contribution < -0.4 is 0 Å². The first-order valence-corrected chi connectivity index (χ1v) is 11.2. The first kappa shape index (κ1) is 22.8. The summed E-state index contributed by atoms with van der Waals surface area (Å²) in [4.78, 5) is 16.7. The lowest BCUT2D eigenvalue weighted by molar-refractivity contribution is -0.0317. The van der Waals surface area contributed by atoms with Crippen LogP contribution >= 0.6 is 0 Å². The van der Waals surface area contributed by atoms with Gasteiger partial charge in [-0.1, -0.05) is 63.5 Å². The van der Waals surface area contributed by atoms with Crippen molar-refractivity contribution in [2.45, 2.75) is 97.8 Å². The predicted octanol–water partition coefficient (Wildman–Crippen LogP) is 6.70. The van der Waals surface area contributed by atoms with Gasteiger partial charge in [-0.05, 0) is 74.0 Å². The molecule has 0 aromatic carbocycles. The summed E-state index contributed by atoms with van der Waals surface area (Å²) in [5, 5.41) is 10.8. The number of isocyanates is 2. The molecule has 3 saturated carbocycles. The highest BCUT2D eigenvalue weighted by molar-refractivity contribution is 5.39. The van der Waals surface area contributed by atoms with Crippen LogP contribution in [0.15, 0.2) is 11.1 Å². The van der Waals surface area contributed by atoms with Gasteiger partial charge in [0.1, 0.15) is 0 Å². The minimum absolute atomic E-state index is 0.539. The SMILES string of the molecule is CC1=C2CC(CC1(C1CCCCC1)C1CCCCC1)C2(C)C.N=C=O.N=C=O. The molecule has 3 fully saturated rings. The molecule has 5 aliphatic carbocycles. The summed E-state index contributed by atoms with van der Waals surface area (Å²) < 4.78 is 0. The molecule has 0 radical (unpaired) electrons. The second kappa shape index (κ2) is 9.81. The zero-order chi connectivity index (χ0) is 20.8. The van der Waals surface area contributed by atoms with E-state index in [-0.39, 0.29) is 0 Å². The molecule has 0 aliphatic heterocycles. The zero-order valence-electron chi connectivity index (χ0n) is 18.0. The Hall–Kier alpha value is -1.50. The number of hydrogen-bond acceptors (Lipinski definition) is 4. The highest BCUT2D eigenvalue weighted by atomic mass is 16.1. The van der Waals surface area contributed by atoms with E-state index in [9.17, 15) is 0 Å². The Balaban J connectivity index is 0.000000418. The monoisotopic (exact) mass is 386 g/mol. The van der Waals surface area contributed by atoms with Crippen LogP contribution in [0.1, 0.15) is 97.8 Å². The molecule has 0 saturated heterocycles. The smallest absolute Gasteiger partial charge is 0.222 e. The molecule has 0 spiro atoms. The van der Waals surface area contributed by atoms with Gasteiger partial charge in [0.05, 0.1) is 0 Å². The second-order valence-electron chi connectivity index (χ2n) is 9.84. The lowest BCUT2D eigenvalue weighted by Gasteiger charge is -2.64. The van der Waals surface area contributed by atoms with Crippen LogP contribution in [-0.2, 0) is 9.59 Å². The largest absolute Gasteiger partial charge is 0.231 e. The van der Waals surface area contributed by atoms with E-state index in [1.54, 1.807) is 6.42 Å². The normalized spacial score (nSPS) is 28.3. The number of carbonyl (C=O) groups excluding carboxylic acids is 2. The summed E-state index contributed by atoms with van der Waals surface area (Å²) in [5.74, 6) is 3.05. The fraction of sp³-hybridized carbons (Fsp3) is 0.833. The lowest BCUT2D eigenvalue weighted by atomic mass is 9.40. The molecule has 4 heteroatoms. The van der Waals surface area contributed by atoms with Crippen LogP contribution in [0.3, 0.4) is 0 Å². The van der Waals surface area contributed by atoms with Crippen molar-refractivity contribution in [3.63, 3.8) is 0 Å². The summed E-state index contributed by atoms with van der Waals surface area (Å²) >= 11 is 0. The molecule has 5 aliphatic rings. The van der Waals surface area contributed by atoms with Crippen LogP contribution in [0.5, 0.6) is 0 Å². The van der Waals surface area contributed by atoms with Gasteiger partial charge in [-0.2, -0.15) is 0 Å². The summed E-state index contributed by atoms with van der Waals surface area (Å²) in [7, 11) is 0. The standard InChI is InChI=1S/C22H36.2CHNO/c1-16-20-14-19(21(20,2)3)15-22(16,17-10-6-4-7-11-17)18-12-8-5-9-13-18;2*2-1-3/h17-19H,4-15H2,1-3H3;2*2H. The quantitative estimate of drug-likeness (QED) is 0.314. The number of nitrogens with one attached hydrogen (secondary N) is 2. The van der Waals surface area contributed by atoms with Crippen molar-refractivity contribution in [2.75, 3.05) is 0 Å². The minimum Gasteiger partial charge on any atom is -0.222 e. The van der Waals surface area contributed by atoms with E-state index in [4.69, 9.17) is 20.4 Å². The van der Waals surface area contributed by atoms with E-state index in [0.717, 1.165) is 29.9 Å². The average Bonchev–Trinajstić information content (AvgIpc) is 2.70. The van der Waals surface area contributed by atoms with Crippen molar-refractivity contribution in [1.29, 1.82) is 10.8 Å². The Morgan fingerprint density at radius 3 is 1.50 bits per heavy atom. The molecule has 2 bridgehead atoms. The predicted molar refractivity (Wildman–Crippen MR) is 112 cm³/mol. The molecule has 0 aromatic heterocycles. The topological polar surface area (TPSA) is 81.8 Å². The summed E-state index contributed by atoms with van der Waals surface area (Å²) in [6, 6.07) is 0. The third-order valence-electron chi connectivity index (χ3n) is 8.65. The van der Waals surface area contributed by atoms with Gasteiger partial charge in [-0.25, -0.2) is 20.4 Å². The van der Waals surface area contributed by atoms with Crippen molar-refractivity contribution >= 4 is 12.2 Å². The molecule has 5 rings (SSSR count). The average molecular weight is 387 g/mol. The van der Waals surface area contributed by atoms with Gasteiger partial charge in [0.2, 0.25) is 12.2 Å². The molecule has 28 heavy (non-hydrogen) atoms. The first-order chi connectivity index (χ1) is 13.4. The van der Waals surface area contributed by atoms with Crippen LogP contribution in [0.25, 0.3) is 0 Å². The maximum atomic E-state index is 8.35. The molecule has 0 heterocycles. The van der Waals surface area contributed by atoms with Crippen LogP contribution in [-0.4, -0.2) is 12.2 Å². The van der Waals surface area contributed by atoms with Crippen LogP contribution in [0.2, 0.25) is 0 Å². The number of fused-ring (bicyclic) bond motifs is 2. The molecular formula is C24H38N2O2.